The minimum Gasteiger partial charge on any atom is -0.399 e. The maximum absolute atomic E-state index is 11.8. The molecule has 0 aromatic heterocycles. The maximum atomic E-state index is 11.8. The highest BCUT2D eigenvalue weighted by molar-refractivity contribution is 9.10. The van der Waals surface area contributed by atoms with Crippen molar-refractivity contribution < 1.29 is 8.42 Å². The van der Waals surface area contributed by atoms with Gasteiger partial charge >= 0.3 is 0 Å². The number of benzene rings is 1. The zero-order valence-corrected chi connectivity index (χ0v) is 11.3. The van der Waals surface area contributed by atoms with E-state index in [4.69, 9.17) is 5.73 Å². The zero-order chi connectivity index (χ0) is 12.3. The molecule has 16 heavy (non-hydrogen) atoms. The van der Waals surface area contributed by atoms with E-state index in [1.54, 1.807) is 26.2 Å². The highest BCUT2D eigenvalue weighted by Gasteiger charge is 2.16. The first-order chi connectivity index (χ1) is 7.33. The average Bonchev–Trinajstić information content (AvgIpc) is 2.19. The predicted molar refractivity (Wildman–Crippen MR) is 67.9 cm³/mol. The van der Waals surface area contributed by atoms with Gasteiger partial charge in [-0.2, -0.15) is 8.42 Å². The summed E-state index contributed by atoms with van der Waals surface area (Å²) in [5, 5.41) is 0. The maximum Gasteiger partial charge on any atom is 0.284 e. The van der Waals surface area contributed by atoms with Crippen molar-refractivity contribution in [2.24, 2.45) is 4.40 Å². The molecule has 0 saturated heterocycles. The molecule has 0 aliphatic carbocycles. The minimum absolute atomic E-state index is 0.0607. The molecule has 0 radical (unpaired) electrons. The highest BCUT2D eigenvalue weighted by Crippen LogP contribution is 2.25. The second-order valence-electron chi connectivity index (χ2n) is 3.35. The van der Waals surface area contributed by atoms with E-state index >= 15 is 0 Å². The molecule has 0 aliphatic heterocycles. The summed E-state index contributed by atoms with van der Waals surface area (Å²) in [6.07, 6.45) is 1.23. The van der Waals surface area contributed by atoms with E-state index in [1.165, 1.54) is 17.3 Å². The molecule has 1 aromatic carbocycles. The van der Waals surface area contributed by atoms with Gasteiger partial charge in [-0.05, 0) is 34.1 Å². The summed E-state index contributed by atoms with van der Waals surface area (Å²) in [6, 6.07) is 4.55. The molecule has 0 saturated carbocycles. The Morgan fingerprint density at radius 3 is 2.62 bits per heavy atom. The SMILES string of the molecule is CN(C)C=NS(=O)(=O)c1cc(N)ccc1Br. The Bertz CT molecular complexity index is 511. The van der Waals surface area contributed by atoms with Gasteiger partial charge in [0.15, 0.2) is 0 Å². The number of hydrogen-bond acceptors (Lipinski definition) is 3. The Labute approximate surface area is 103 Å². The van der Waals surface area contributed by atoms with Gasteiger partial charge in [0.1, 0.15) is 11.2 Å². The molecule has 5 nitrogen and oxygen atoms in total. The van der Waals surface area contributed by atoms with Gasteiger partial charge in [-0.25, -0.2) is 0 Å². The normalized spacial score (nSPS) is 11.9. The number of nitrogens with two attached hydrogens (primary N) is 1. The van der Waals surface area contributed by atoms with E-state index in [9.17, 15) is 8.42 Å². The summed E-state index contributed by atoms with van der Waals surface area (Å²) in [5.74, 6) is 0. The van der Waals surface area contributed by atoms with Crippen LogP contribution >= 0.6 is 15.9 Å². The van der Waals surface area contributed by atoms with Crippen LogP contribution in [0.2, 0.25) is 0 Å². The zero-order valence-electron chi connectivity index (χ0n) is 8.88. The van der Waals surface area contributed by atoms with Gasteiger partial charge in [-0.1, -0.05) is 0 Å². The molecule has 0 bridgehead atoms. The van der Waals surface area contributed by atoms with Gasteiger partial charge in [0, 0.05) is 24.3 Å². The molecule has 0 aliphatic rings. The monoisotopic (exact) mass is 305 g/mol. The second-order valence-corrected chi connectivity index (χ2v) is 5.80. The van der Waals surface area contributed by atoms with Gasteiger partial charge in [-0.15, -0.1) is 4.40 Å². The van der Waals surface area contributed by atoms with E-state index in [0.717, 1.165) is 0 Å². The first-order valence-corrected chi connectivity index (χ1v) is 6.58. The quantitative estimate of drug-likeness (QED) is 0.519. The fourth-order valence-corrected chi connectivity index (χ4v) is 2.82. The fraction of sp³-hybridized carbons (Fsp3) is 0.222. The van der Waals surface area contributed by atoms with Crippen LogP contribution in [0.4, 0.5) is 5.69 Å². The van der Waals surface area contributed by atoms with Crippen molar-refractivity contribution in [1.29, 1.82) is 0 Å². The van der Waals surface area contributed by atoms with E-state index in [2.05, 4.69) is 20.3 Å². The van der Waals surface area contributed by atoms with Crippen LogP contribution < -0.4 is 5.73 Å². The Balaban J connectivity index is 3.22. The molecule has 7 heteroatoms. The molecule has 1 aromatic rings. The third-order valence-electron chi connectivity index (χ3n) is 1.65. The van der Waals surface area contributed by atoms with Crippen LogP contribution in [0.5, 0.6) is 0 Å². The molecule has 0 heterocycles. The standard InChI is InChI=1S/C9H12BrN3O2S/c1-13(2)6-12-16(14,15)9-5-7(11)3-4-8(9)10/h3-6H,11H2,1-2H3. The lowest BCUT2D eigenvalue weighted by molar-refractivity contribution is 0.594. The predicted octanol–water partition coefficient (Wildman–Crippen LogP) is 1.31. The molecule has 0 spiro atoms. The van der Waals surface area contributed by atoms with Crippen LogP contribution in [-0.2, 0) is 10.0 Å². The van der Waals surface area contributed by atoms with Crippen molar-refractivity contribution in [2.75, 3.05) is 19.8 Å². The smallest absolute Gasteiger partial charge is 0.284 e. The Kier molecular flexibility index (Phi) is 3.93. The van der Waals surface area contributed by atoms with E-state index in [1.807, 2.05) is 0 Å². The summed E-state index contributed by atoms with van der Waals surface area (Å²) >= 11 is 3.15. The van der Waals surface area contributed by atoms with E-state index < -0.39 is 10.0 Å². The van der Waals surface area contributed by atoms with E-state index in [0.29, 0.717) is 10.2 Å². The first kappa shape index (κ1) is 13.0. The lowest BCUT2D eigenvalue weighted by Crippen LogP contribution is -2.10. The summed E-state index contributed by atoms with van der Waals surface area (Å²) in [7, 11) is -0.332. The number of nitrogen functional groups attached to an aromatic ring is 1. The minimum atomic E-state index is -3.71. The number of halogens is 1. The van der Waals surface area contributed by atoms with Crippen molar-refractivity contribution in [2.45, 2.75) is 4.90 Å². The number of hydrogen-bond donors (Lipinski definition) is 1. The van der Waals surface area contributed by atoms with Crippen LogP contribution in [0.25, 0.3) is 0 Å². The topological polar surface area (TPSA) is 75.8 Å². The number of rotatable bonds is 3. The van der Waals surface area contributed by atoms with Gasteiger partial charge in [0.25, 0.3) is 10.0 Å². The molecule has 88 valence electrons. The second kappa shape index (κ2) is 4.84. The molecule has 0 fully saturated rings. The van der Waals surface area contributed by atoms with Crippen molar-refractivity contribution in [1.82, 2.24) is 4.90 Å². The summed E-state index contributed by atoms with van der Waals surface area (Å²) in [6.45, 7) is 0. The van der Waals surface area contributed by atoms with Crippen LogP contribution in [-0.4, -0.2) is 33.8 Å². The Hall–Kier alpha value is -1.08. The number of sulfonamides is 1. The van der Waals surface area contributed by atoms with Gasteiger partial charge in [-0.3, -0.25) is 0 Å². The van der Waals surface area contributed by atoms with Gasteiger partial charge < -0.3 is 10.6 Å². The Morgan fingerprint density at radius 2 is 2.06 bits per heavy atom. The number of anilines is 1. The average molecular weight is 306 g/mol. The third-order valence-corrected chi connectivity index (χ3v) is 3.87. The Morgan fingerprint density at radius 1 is 1.44 bits per heavy atom. The fourth-order valence-electron chi connectivity index (χ4n) is 0.931. The lowest BCUT2D eigenvalue weighted by Gasteiger charge is -2.05. The third kappa shape index (κ3) is 3.21. The molecule has 2 N–H and O–H groups in total. The molecule has 1 rings (SSSR count). The molecular weight excluding hydrogens is 294 g/mol. The van der Waals surface area contributed by atoms with Crippen molar-refractivity contribution >= 4 is 38.0 Å². The molecular formula is C9H12BrN3O2S. The van der Waals surface area contributed by atoms with Crippen molar-refractivity contribution in [3.63, 3.8) is 0 Å². The van der Waals surface area contributed by atoms with Crippen LogP contribution in [0.1, 0.15) is 0 Å². The largest absolute Gasteiger partial charge is 0.399 e. The molecule has 0 atom stereocenters. The van der Waals surface area contributed by atoms with Crippen molar-refractivity contribution in [3.8, 4) is 0 Å². The number of nitrogens with zero attached hydrogens (tertiary/aromatic N) is 2. The summed E-state index contributed by atoms with van der Waals surface area (Å²) < 4.78 is 27.6. The summed E-state index contributed by atoms with van der Waals surface area (Å²) in [4.78, 5) is 1.60. The first-order valence-electron chi connectivity index (χ1n) is 4.35. The van der Waals surface area contributed by atoms with Crippen molar-refractivity contribution in [3.05, 3.63) is 22.7 Å². The molecule has 0 amide bonds. The molecule has 0 unspecified atom stereocenters. The highest BCUT2D eigenvalue weighted by atomic mass is 79.9. The van der Waals surface area contributed by atoms with Gasteiger partial charge in [0.05, 0.1) is 0 Å². The van der Waals surface area contributed by atoms with Crippen LogP contribution in [0, 0.1) is 0 Å². The van der Waals surface area contributed by atoms with E-state index in [-0.39, 0.29) is 4.90 Å². The summed E-state index contributed by atoms with van der Waals surface area (Å²) in [5.41, 5.74) is 5.91. The lowest BCUT2D eigenvalue weighted by atomic mass is 10.3. The van der Waals surface area contributed by atoms with Crippen LogP contribution in [0.15, 0.2) is 32.0 Å². The van der Waals surface area contributed by atoms with Gasteiger partial charge in [0.2, 0.25) is 0 Å². The van der Waals surface area contributed by atoms with Crippen LogP contribution in [0.3, 0.4) is 0 Å².